The molecule has 0 radical (unpaired) electrons. The van der Waals surface area contributed by atoms with Crippen LogP contribution in [0, 0.1) is 0 Å². The number of quaternary nitrogens is 1. The van der Waals surface area contributed by atoms with Crippen molar-refractivity contribution in [2.45, 2.75) is 12.6 Å². The number of nitrogens with one attached hydrogen (secondary N) is 1. The Morgan fingerprint density at radius 1 is 0.929 bits per heavy atom. The van der Waals surface area contributed by atoms with Gasteiger partial charge in [0, 0.05) is 22.9 Å². The molecule has 0 saturated heterocycles. The molecule has 5 heteroatoms. The fraction of sp³-hybridized carbons (Fsp3) is 0.174. The van der Waals surface area contributed by atoms with Gasteiger partial charge in [0.1, 0.15) is 18.0 Å². The molecule has 3 N–H and O–H groups in total. The van der Waals surface area contributed by atoms with Gasteiger partial charge in [0.2, 0.25) is 0 Å². The van der Waals surface area contributed by atoms with E-state index in [0.29, 0.717) is 18.0 Å². The first kappa shape index (κ1) is 19.5. The third kappa shape index (κ3) is 4.90. The quantitative estimate of drug-likeness (QED) is 0.634. The van der Waals surface area contributed by atoms with E-state index in [4.69, 9.17) is 9.47 Å². The van der Waals surface area contributed by atoms with Gasteiger partial charge in [-0.15, -0.1) is 0 Å². The van der Waals surface area contributed by atoms with Crippen molar-refractivity contribution in [1.82, 2.24) is 0 Å². The Labute approximate surface area is 165 Å². The molecule has 3 aromatic rings. The van der Waals surface area contributed by atoms with Gasteiger partial charge in [0.15, 0.2) is 6.04 Å². The van der Waals surface area contributed by atoms with Gasteiger partial charge in [0.05, 0.1) is 14.2 Å². The molecule has 3 aromatic carbocycles. The highest BCUT2D eigenvalue weighted by atomic mass is 16.5. The molecule has 28 heavy (non-hydrogen) atoms. The molecule has 1 amide bonds. The Morgan fingerprint density at radius 3 is 2.43 bits per heavy atom. The number of carbonyl (C=O) groups excluding carboxylic acids is 1. The smallest absolute Gasteiger partial charge is 0.287 e. The number of amides is 1. The van der Waals surface area contributed by atoms with Gasteiger partial charge in [-0.2, -0.15) is 0 Å². The van der Waals surface area contributed by atoms with Crippen LogP contribution in [0.4, 0.5) is 5.69 Å². The van der Waals surface area contributed by atoms with Crippen LogP contribution < -0.4 is 20.1 Å². The molecule has 0 aliphatic carbocycles. The summed E-state index contributed by atoms with van der Waals surface area (Å²) in [6.45, 7) is 0.620. The zero-order valence-corrected chi connectivity index (χ0v) is 16.1. The molecule has 5 nitrogen and oxygen atoms in total. The highest BCUT2D eigenvalue weighted by Crippen LogP contribution is 2.19. The average molecular weight is 377 g/mol. The van der Waals surface area contributed by atoms with Gasteiger partial charge >= 0.3 is 0 Å². The van der Waals surface area contributed by atoms with Crippen LogP contribution in [0.25, 0.3) is 0 Å². The maximum atomic E-state index is 13.1. The summed E-state index contributed by atoms with van der Waals surface area (Å²) in [5.41, 5.74) is 2.69. The van der Waals surface area contributed by atoms with Gasteiger partial charge in [-0.3, -0.25) is 4.79 Å². The van der Waals surface area contributed by atoms with Crippen molar-refractivity contribution in [2.24, 2.45) is 0 Å². The zero-order valence-electron chi connectivity index (χ0n) is 16.1. The molecular weight excluding hydrogens is 352 g/mol. The maximum Gasteiger partial charge on any atom is 0.287 e. The third-order valence-corrected chi connectivity index (χ3v) is 4.54. The number of nitrogens with two attached hydrogens (primary N) is 1. The second-order valence-electron chi connectivity index (χ2n) is 6.36. The van der Waals surface area contributed by atoms with Crippen molar-refractivity contribution in [1.29, 1.82) is 0 Å². The van der Waals surface area contributed by atoms with Crippen molar-refractivity contribution in [2.75, 3.05) is 19.5 Å². The molecule has 0 saturated carbocycles. The first-order valence-electron chi connectivity index (χ1n) is 9.16. The molecule has 0 aromatic heterocycles. The van der Waals surface area contributed by atoms with Crippen LogP contribution in [0.1, 0.15) is 17.2 Å². The Hall–Kier alpha value is -3.31. The van der Waals surface area contributed by atoms with E-state index in [0.717, 1.165) is 16.9 Å². The summed E-state index contributed by atoms with van der Waals surface area (Å²) in [6, 6.07) is 24.6. The Bertz CT molecular complexity index is 912. The number of anilines is 1. The third-order valence-electron chi connectivity index (χ3n) is 4.54. The molecule has 0 unspecified atom stereocenters. The van der Waals surface area contributed by atoms with E-state index >= 15 is 0 Å². The molecule has 0 aliphatic rings. The van der Waals surface area contributed by atoms with Gasteiger partial charge in [-0.1, -0.05) is 48.5 Å². The van der Waals surface area contributed by atoms with Crippen LogP contribution in [0.2, 0.25) is 0 Å². The number of hydrogen-bond acceptors (Lipinski definition) is 3. The van der Waals surface area contributed by atoms with Crippen LogP contribution in [0.15, 0.2) is 78.9 Å². The van der Waals surface area contributed by atoms with E-state index in [9.17, 15) is 4.79 Å². The van der Waals surface area contributed by atoms with Gasteiger partial charge in [0.25, 0.3) is 5.91 Å². The number of rotatable bonds is 8. The molecule has 0 heterocycles. The lowest BCUT2D eigenvalue weighted by Crippen LogP contribution is -2.85. The van der Waals surface area contributed by atoms with Gasteiger partial charge < -0.3 is 20.1 Å². The molecule has 0 aliphatic heterocycles. The number of ether oxygens (including phenoxy) is 2. The fourth-order valence-electron chi connectivity index (χ4n) is 3.09. The summed E-state index contributed by atoms with van der Waals surface area (Å²) >= 11 is 0. The summed E-state index contributed by atoms with van der Waals surface area (Å²) < 4.78 is 10.7. The number of benzene rings is 3. The SMILES string of the molecule is COc1cccc(NC(=O)[C@@H]([NH2+]Cc2ccccc2OC)c2ccccc2)c1. The minimum absolute atomic E-state index is 0.0886. The van der Waals surface area contributed by atoms with E-state index in [1.807, 2.05) is 78.1 Å². The van der Waals surface area contributed by atoms with E-state index in [1.165, 1.54) is 0 Å². The predicted molar refractivity (Wildman–Crippen MR) is 109 cm³/mol. The Kier molecular flexibility index (Phi) is 6.65. The molecule has 144 valence electrons. The minimum Gasteiger partial charge on any atom is -0.497 e. The first-order valence-corrected chi connectivity index (χ1v) is 9.16. The Morgan fingerprint density at radius 2 is 1.68 bits per heavy atom. The largest absolute Gasteiger partial charge is 0.497 e. The van der Waals surface area contributed by atoms with E-state index in [2.05, 4.69) is 5.32 Å². The molecule has 1 atom stereocenters. The summed E-state index contributed by atoms with van der Waals surface area (Å²) in [5, 5.41) is 5.02. The van der Waals surface area contributed by atoms with Crippen LogP contribution in [0.5, 0.6) is 11.5 Å². The van der Waals surface area contributed by atoms with Crippen molar-refractivity contribution < 1.29 is 19.6 Å². The van der Waals surface area contributed by atoms with E-state index < -0.39 is 6.04 Å². The fourth-order valence-corrected chi connectivity index (χ4v) is 3.09. The second kappa shape index (κ2) is 9.58. The maximum absolute atomic E-state index is 13.1. The van der Waals surface area contributed by atoms with Gasteiger partial charge in [-0.05, 0) is 24.3 Å². The van der Waals surface area contributed by atoms with Crippen LogP contribution in [-0.2, 0) is 11.3 Å². The van der Waals surface area contributed by atoms with Crippen LogP contribution in [-0.4, -0.2) is 20.1 Å². The van der Waals surface area contributed by atoms with Crippen molar-refractivity contribution in [3.63, 3.8) is 0 Å². The number of hydrogen-bond donors (Lipinski definition) is 2. The lowest BCUT2D eigenvalue weighted by molar-refractivity contribution is -0.697. The monoisotopic (exact) mass is 377 g/mol. The summed E-state index contributed by atoms with van der Waals surface area (Å²) in [7, 11) is 3.26. The number of para-hydroxylation sites is 1. The minimum atomic E-state index is -0.391. The van der Waals surface area contributed by atoms with Crippen LogP contribution in [0.3, 0.4) is 0 Å². The first-order chi connectivity index (χ1) is 13.7. The molecule has 0 spiro atoms. The van der Waals surface area contributed by atoms with E-state index in [1.54, 1.807) is 20.3 Å². The zero-order chi connectivity index (χ0) is 19.8. The second-order valence-corrected chi connectivity index (χ2v) is 6.36. The highest BCUT2D eigenvalue weighted by molar-refractivity contribution is 5.94. The van der Waals surface area contributed by atoms with Crippen molar-refractivity contribution in [3.05, 3.63) is 90.0 Å². The standard InChI is InChI=1S/C23H24N2O3/c1-27-20-13-8-12-19(15-20)25-23(26)22(17-9-4-3-5-10-17)24-16-18-11-6-7-14-21(18)28-2/h3-15,22,24H,16H2,1-2H3,(H,25,26)/p+1/t22-/m0/s1. The number of carbonyl (C=O) groups is 1. The van der Waals surface area contributed by atoms with Crippen LogP contribution >= 0.6 is 0 Å². The molecule has 0 bridgehead atoms. The molecule has 0 fully saturated rings. The lowest BCUT2D eigenvalue weighted by atomic mass is 10.1. The lowest BCUT2D eigenvalue weighted by Gasteiger charge is -2.17. The van der Waals surface area contributed by atoms with Crippen molar-refractivity contribution >= 4 is 11.6 Å². The molecule has 3 rings (SSSR count). The molecular formula is C23H25N2O3+. The topological polar surface area (TPSA) is 64.2 Å². The summed E-state index contributed by atoms with van der Waals surface area (Å²) in [5.74, 6) is 1.43. The highest BCUT2D eigenvalue weighted by Gasteiger charge is 2.24. The normalized spacial score (nSPS) is 11.5. The average Bonchev–Trinajstić information content (AvgIpc) is 2.75. The Balaban J connectivity index is 1.79. The van der Waals surface area contributed by atoms with Crippen molar-refractivity contribution in [3.8, 4) is 11.5 Å². The van der Waals surface area contributed by atoms with E-state index in [-0.39, 0.29) is 5.91 Å². The van der Waals surface area contributed by atoms with Gasteiger partial charge in [-0.25, -0.2) is 0 Å². The number of methoxy groups -OCH3 is 2. The summed E-state index contributed by atoms with van der Waals surface area (Å²) in [4.78, 5) is 13.1. The predicted octanol–water partition coefficient (Wildman–Crippen LogP) is 3.15. The summed E-state index contributed by atoms with van der Waals surface area (Å²) in [6.07, 6.45) is 0.